The Labute approximate surface area is 287 Å². The van der Waals surface area contributed by atoms with E-state index in [1.165, 1.54) is 65.7 Å². The van der Waals surface area contributed by atoms with Gasteiger partial charge in [0.1, 0.15) is 0 Å². The molecule has 9 aromatic rings. The molecule has 0 aromatic heterocycles. The van der Waals surface area contributed by atoms with E-state index in [1.54, 1.807) is 0 Å². The van der Waals surface area contributed by atoms with E-state index in [-0.39, 0.29) is 0 Å². The molecule has 0 amide bonds. The Morgan fingerprint density at radius 2 is 0.673 bits per heavy atom. The summed E-state index contributed by atoms with van der Waals surface area (Å²) < 4.78 is 0. The smallest absolute Gasteiger partial charge is 0.0467 e. The second-order valence-corrected chi connectivity index (χ2v) is 12.6. The predicted octanol–water partition coefficient (Wildman–Crippen LogP) is 13.6. The van der Waals surface area contributed by atoms with Crippen molar-refractivity contribution in [3.63, 3.8) is 0 Å². The van der Waals surface area contributed by atoms with Gasteiger partial charge in [-0.1, -0.05) is 158 Å². The molecule has 0 saturated carbocycles. The molecule has 0 saturated heterocycles. The summed E-state index contributed by atoms with van der Waals surface area (Å²) in [4.78, 5) is 2.35. The van der Waals surface area contributed by atoms with E-state index in [9.17, 15) is 0 Å². The maximum absolute atomic E-state index is 2.35. The molecule has 230 valence electrons. The van der Waals surface area contributed by atoms with Crippen molar-refractivity contribution in [2.45, 2.75) is 0 Å². The summed E-state index contributed by atoms with van der Waals surface area (Å²) in [7, 11) is 0. The fraction of sp³-hybridized carbons (Fsp3) is 0. The molecule has 0 unspecified atom stereocenters. The Hall–Kier alpha value is -6.44. The van der Waals surface area contributed by atoms with Gasteiger partial charge in [-0.15, -0.1) is 0 Å². The maximum atomic E-state index is 2.35. The van der Waals surface area contributed by atoms with Gasteiger partial charge in [-0.05, 0) is 108 Å². The van der Waals surface area contributed by atoms with Crippen LogP contribution in [0.3, 0.4) is 0 Å². The van der Waals surface area contributed by atoms with Crippen molar-refractivity contribution in [3.05, 3.63) is 200 Å². The lowest BCUT2D eigenvalue weighted by Crippen LogP contribution is -2.10. The highest BCUT2D eigenvalue weighted by Gasteiger charge is 2.15. The van der Waals surface area contributed by atoms with Gasteiger partial charge in [0, 0.05) is 17.1 Å². The molecule has 0 aliphatic heterocycles. The number of benzene rings is 9. The van der Waals surface area contributed by atoms with Gasteiger partial charge in [0.2, 0.25) is 0 Å². The van der Waals surface area contributed by atoms with Crippen LogP contribution in [0.1, 0.15) is 0 Å². The Morgan fingerprint density at radius 1 is 0.224 bits per heavy atom. The summed E-state index contributed by atoms with van der Waals surface area (Å²) in [5, 5.41) is 7.71. The molecular formula is C48H33N. The van der Waals surface area contributed by atoms with Gasteiger partial charge >= 0.3 is 0 Å². The van der Waals surface area contributed by atoms with Crippen molar-refractivity contribution >= 4 is 49.4 Å². The molecule has 9 rings (SSSR count). The first-order chi connectivity index (χ1) is 24.3. The van der Waals surface area contributed by atoms with Crippen molar-refractivity contribution in [1.29, 1.82) is 0 Å². The molecule has 1 heteroatoms. The van der Waals surface area contributed by atoms with Gasteiger partial charge in [-0.3, -0.25) is 0 Å². The van der Waals surface area contributed by atoms with Gasteiger partial charge in [-0.25, -0.2) is 0 Å². The molecule has 0 N–H and O–H groups in total. The molecule has 49 heavy (non-hydrogen) atoms. The maximum Gasteiger partial charge on any atom is 0.0467 e. The van der Waals surface area contributed by atoms with Crippen LogP contribution in [0.15, 0.2) is 200 Å². The average molecular weight is 624 g/mol. The van der Waals surface area contributed by atoms with Crippen molar-refractivity contribution in [2.75, 3.05) is 4.90 Å². The molecule has 0 aliphatic rings. The standard InChI is InChI=1S/C48H33N/c1-3-10-34(11-4-1)36-18-25-42(26-19-36)49(44-16-9-15-39(33-44)35-12-5-2-6-13-35)43-27-20-37(21-28-43)40-23-29-46-41(32-40)24-31-47-45-17-8-7-14-38(45)22-30-48(46)47/h1-33H. The minimum absolute atomic E-state index is 1.11. The monoisotopic (exact) mass is 623 g/mol. The number of anilines is 3. The van der Waals surface area contributed by atoms with Crippen LogP contribution in [-0.4, -0.2) is 0 Å². The summed E-state index contributed by atoms with van der Waals surface area (Å²) in [6, 6.07) is 72.4. The van der Waals surface area contributed by atoms with Gasteiger partial charge in [-0.2, -0.15) is 0 Å². The molecule has 0 fully saturated rings. The first kappa shape index (κ1) is 28.8. The highest BCUT2D eigenvalue weighted by Crippen LogP contribution is 2.39. The quantitative estimate of drug-likeness (QED) is 0.167. The van der Waals surface area contributed by atoms with Crippen LogP contribution in [-0.2, 0) is 0 Å². The van der Waals surface area contributed by atoms with E-state index >= 15 is 0 Å². The zero-order chi connectivity index (χ0) is 32.6. The Balaban J connectivity index is 1.10. The lowest BCUT2D eigenvalue weighted by atomic mass is 9.95. The number of nitrogens with zero attached hydrogens (tertiary/aromatic N) is 1. The van der Waals surface area contributed by atoms with Crippen LogP contribution in [0.2, 0.25) is 0 Å². The third kappa shape index (κ3) is 5.42. The van der Waals surface area contributed by atoms with E-state index in [2.05, 4.69) is 205 Å². The minimum Gasteiger partial charge on any atom is -0.310 e. The highest BCUT2D eigenvalue weighted by molar-refractivity contribution is 6.17. The zero-order valence-electron chi connectivity index (χ0n) is 27.0. The van der Waals surface area contributed by atoms with Crippen LogP contribution >= 0.6 is 0 Å². The summed E-state index contributed by atoms with van der Waals surface area (Å²) in [5.74, 6) is 0. The van der Waals surface area contributed by atoms with E-state index in [1.807, 2.05) is 0 Å². The van der Waals surface area contributed by atoms with Crippen LogP contribution in [0.4, 0.5) is 17.1 Å². The van der Waals surface area contributed by atoms with Crippen LogP contribution in [0, 0.1) is 0 Å². The van der Waals surface area contributed by atoms with Crippen LogP contribution in [0.25, 0.3) is 65.7 Å². The van der Waals surface area contributed by atoms with Gasteiger partial charge < -0.3 is 4.90 Å². The van der Waals surface area contributed by atoms with Crippen molar-refractivity contribution in [3.8, 4) is 33.4 Å². The van der Waals surface area contributed by atoms with Gasteiger partial charge in [0.25, 0.3) is 0 Å². The molecule has 0 spiro atoms. The Morgan fingerprint density at radius 3 is 1.35 bits per heavy atom. The van der Waals surface area contributed by atoms with Crippen molar-refractivity contribution in [1.82, 2.24) is 0 Å². The molecule has 0 aliphatic carbocycles. The van der Waals surface area contributed by atoms with Gasteiger partial charge in [0.05, 0.1) is 0 Å². The summed E-state index contributed by atoms with van der Waals surface area (Å²) >= 11 is 0. The average Bonchev–Trinajstić information content (AvgIpc) is 3.19. The fourth-order valence-electron chi connectivity index (χ4n) is 7.15. The Kier molecular flexibility index (Phi) is 7.22. The number of rotatable bonds is 6. The van der Waals surface area contributed by atoms with Crippen LogP contribution < -0.4 is 4.90 Å². The predicted molar refractivity (Wildman–Crippen MR) is 210 cm³/mol. The minimum atomic E-state index is 1.11. The van der Waals surface area contributed by atoms with E-state index < -0.39 is 0 Å². The Bertz CT molecular complexity index is 2570. The number of fused-ring (bicyclic) bond motifs is 5. The second-order valence-electron chi connectivity index (χ2n) is 12.6. The first-order valence-corrected chi connectivity index (χ1v) is 16.8. The topological polar surface area (TPSA) is 3.24 Å². The number of hydrogen-bond acceptors (Lipinski definition) is 1. The summed E-state index contributed by atoms with van der Waals surface area (Å²) in [5.41, 5.74) is 10.6. The third-order valence-corrected chi connectivity index (χ3v) is 9.64. The van der Waals surface area contributed by atoms with E-state index in [0.29, 0.717) is 0 Å². The SMILES string of the molecule is c1ccc(-c2ccc(N(c3ccc(-c4ccc5c(ccc6c7ccccc7ccc56)c4)cc3)c3cccc(-c4ccccc4)c3)cc2)cc1. The molecule has 0 atom stereocenters. The van der Waals surface area contributed by atoms with E-state index in [4.69, 9.17) is 0 Å². The normalized spacial score (nSPS) is 11.3. The third-order valence-electron chi connectivity index (χ3n) is 9.64. The van der Waals surface area contributed by atoms with Gasteiger partial charge in [0.15, 0.2) is 0 Å². The molecule has 9 aromatic carbocycles. The number of hydrogen-bond donors (Lipinski definition) is 0. The van der Waals surface area contributed by atoms with Crippen LogP contribution in [0.5, 0.6) is 0 Å². The lowest BCUT2D eigenvalue weighted by Gasteiger charge is -2.26. The zero-order valence-corrected chi connectivity index (χ0v) is 27.0. The van der Waals surface area contributed by atoms with Crippen molar-refractivity contribution in [2.24, 2.45) is 0 Å². The molecule has 0 heterocycles. The highest BCUT2D eigenvalue weighted by atomic mass is 15.1. The largest absolute Gasteiger partial charge is 0.310 e. The molecular weight excluding hydrogens is 591 g/mol. The summed E-state index contributed by atoms with van der Waals surface area (Å²) in [6.07, 6.45) is 0. The summed E-state index contributed by atoms with van der Waals surface area (Å²) in [6.45, 7) is 0. The lowest BCUT2D eigenvalue weighted by molar-refractivity contribution is 1.28. The molecule has 0 radical (unpaired) electrons. The second kappa shape index (κ2) is 12.3. The first-order valence-electron chi connectivity index (χ1n) is 16.8. The van der Waals surface area contributed by atoms with E-state index in [0.717, 1.165) is 17.1 Å². The molecule has 1 nitrogen and oxygen atoms in total. The molecule has 0 bridgehead atoms. The van der Waals surface area contributed by atoms with Crippen molar-refractivity contribution < 1.29 is 0 Å². The fourth-order valence-corrected chi connectivity index (χ4v) is 7.15.